The van der Waals surface area contributed by atoms with E-state index in [2.05, 4.69) is 76.7 Å². The number of hydrogen-bond acceptors (Lipinski definition) is 0. The van der Waals surface area contributed by atoms with Crippen molar-refractivity contribution in [2.75, 3.05) is 0 Å². The lowest BCUT2D eigenvalue weighted by Gasteiger charge is -2.05. The molecule has 0 N–H and O–H groups in total. The lowest BCUT2D eigenvalue weighted by Crippen LogP contribution is -1.99. The van der Waals surface area contributed by atoms with Crippen LogP contribution >= 0.6 is 22.6 Å². The minimum Gasteiger partial charge on any atom is -0.347 e. The summed E-state index contributed by atoms with van der Waals surface area (Å²) in [6.07, 6.45) is 2.12. The average Bonchev–Trinajstić information content (AvgIpc) is 2.56. The van der Waals surface area contributed by atoms with Crippen LogP contribution in [0.15, 0.2) is 42.6 Å². The van der Waals surface area contributed by atoms with Crippen molar-refractivity contribution in [1.29, 1.82) is 0 Å². The Morgan fingerprint density at radius 3 is 2.43 bits per heavy atom. The van der Waals surface area contributed by atoms with Gasteiger partial charge in [0, 0.05) is 22.0 Å². The van der Waals surface area contributed by atoms with Crippen molar-refractivity contribution < 1.29 is 0 Å². The summed E-state index contributed by atoms with van der Waals surface area (Å²) in [5.74, 6) is 0. The van der Waals surface area contributed by atoms with Gasteiger partial charge in [0.2, 0.25) is 0 Å². The average molecular weight is 297 g/mol. The summed E-state index contributed by atoms with van der Waals surface area (Å²) in [5, 5.41) is 0. The van der Waals surface area contributed by atoms with Crippen LogP contribution in [0.25, 0.3) is 0 Å². The summed E-state index contributed by atoms with van der Waals surface area (Å²) < 4.78 is 3.54. The molecule has 1 nitrogen and oxygen atoms in total. The van der Waals surface area contributed by atoms with Gasteiger partial charge in [0.25, 0.3) is 0 Å². The van der Waals surface area contributed by atoms with E-state index in [4.69, 9.17) is 0 Å². The van der Waals surface area contributed by atoms with Crippen molar-refractivity contribution in [3.05, 3.63) is 57.4 Å². The van der Waals surface area contributed by atoms with Crippen LogP contribution in [0.2, 0.25) is 0 Å². The first-order valence-electron chi connectivity index (χ1n) is 4.62. The molecule has 0 spiro atoms. The fraction of sp³-hybridized carbons (Fsp3) is 0.167. The molecule has 0 aliphatic heterocycles. The van der Waals surface area contributed by atoms with E-state index in [1.807, 2.05) is 0 Å². The number of nitrogens with zero attached hydrogens (tertiary/aromatic N) is 1. The maximum atomic E-state index is 2.33. The smallest absolute Gasteiger partial charge is 0.0472 e. The molecule has 0 saturated heterocycles. The van der Waals surface area contributed by atoms with Gasteiger partial charge in [-0.25, -0.2) is 0 Å². The first kappa shape index (κ1) is 9.77. The third kappa shape index (κ3) is 2.18. The van der Waals surface area contributed by atoms with Crippen molar-refractivity contribution in [3.63, 3.8) is 0 Å². The van der Waals surface area contributed by atoms with Crippen LogP contribution in [0.3, 0.4) is 0 Å². The Labute approximate surface area is 97.9 Å². The van der Waals surface area contributed by atoms with Gasteiger partial charge in [-0.05, 0) is 59.3 Å². The standard InChI is InChI=1S/C12H12IN/c1-10-3-2-8-14(10)9-11-4-6-12(13)7-5-11/h2-8H,9H2,1H3. The zero-order valence-corrected chi connectivity index (χ0v) is 10.2. The number of aromatic nitrogens is 1. The maximum Gasteiger partial charge on any atom is 0.0472 e. The van der Waals surface area contributed by atoms with Gasteiger partial charge in [0.1, 0.15) is 0 Å². The van der Waals surface area contributed by atoms with Crippen LogP contribution in [-0.2, 0) is 6.54 Å². The van der Waals surface area contributed by atoms with Crippen LogP contribution in [0.1, 0.15) is 11.3 Å². The molecule has 2 rings (SSSR count). The molecule has 0 bridgehead atoms. The van der Waals surface area contributed by atoms with Gasteiger partial charge in [-0.2, -0.15) is 0 Å². The molecule has 72 valence electrons. The topological polar surface area (TPSA) is 4.93 Å². The molecule has 0 atom stereocenters. The van der Waals surface area contributed by atoms with Crippen molar-refractivity contribution in [1.82, 2.24) is 4.57 Å². The van der Waals surface area contributed by atoms with Gasteiger partial charge in [-0.3, -0.25) is 0 Å². The highest BCUT2D eigenvalue weighted by Crippen LogP contribution is 2.10. The van der Waals surface area contributed by atoms with Gasteiger partial charge in [0.05, 0.1) is 0 Å². The zero-order valence-electron chi connectivity index (χ0n) is 8.07. The maximum absolute atomic E-state index is 2.33. The summed E-state index contributed by atoms with van der Waals surface area (Å²) >= 11 is 2.33. The molecule has 0 fully saturated rings. The van der Waals surface area contributed by atoms with E-state index in [1.165, 1.54) is 14.8 Å². The number of halogens is 1. The molecule has 0 aliphatic rings. The molecule has 2 heteroatoms. The molecule has 0 radical (unpaired) electrons. The number of rotatable bonds is 2. The van der Waals surface area contributed by atoms with Gasteiger partial charge >= 0.3 is 0 Å². The minimum atomic E-state index is 0.968. The van der Waals surface area contributed by atoms with Crippen LogP contribution in [0.4, 0.5) is 0 Å². The van der Waals surface area contributed by atoms with Crippen molar-refractivity contribution in [2.24, 2.45) is 0 Å². The third-order valence-electron chi connectivity index (χ3n) is 2.32. The summed E-state index contributed by atoms with van der Waals surface area (Å²) in [6, 6.07) is 12.9. The summed E-state index contributed by atoms with van der Waals surface area (Å²) in [6.45, 7) is 3.10. The second-order valence-corrected chi connectivity index (χ2v) is 4.65. The van der Waals surface area contributed by atoms with Crippen LogP contribution in [-0.4, -0.2) is 4.57 Å². The van der Waals surface area contributed by atoms with Gasteiger partial charge in [0.15, 0.2) is 0 Å². The molecule has 0 unspecified atom stereocenters. The van der Waals surface area contributed by atoms with Crippen LogP contribution in [0, 0.1) is 10.5 Å². The van der Waals surface area contributed by atoms with E-state index in [1.54, 1.807) is 0 Å². The Hall–Kier alpha value is -0.770. The summed E-state index contributed by atoms with van der Waals surface area (Å²) in [5.41, 5.74) is 2.66. The molecule has 2 aromatic rings. The van der Waals surface area contributed by atoms with Crippen molar-refractivity contribution >= 4 is 22.6 Å². The highest BCUT2D eigenvalue weighted by atomic mass is 127. The Kier molecular flexibility index (Phi) is 2.91. The first-order valence-corrected chi connectivity index (χ1v) is 5.70. The molecular formula is C12H12IN. The Bertz CT molecular complexity index is 414. The van der Waals surface area contributed by atoms with E-state index in [9.17, 15) is 0 Å². The lowest BCUT2D eigenvalue weighted by atomic mass is 10.2. The van der Waals surface area contributed by atoms with E-state index in [0.717, 1.165) is 6.54 Å². The molecule has 1 heterocycles. The SMILES string of the molecule is Cc1cccn1Cc1ccc(I)cc1. The highest BCUT2D eigenvalue weighted by Gasteiger charge is 1.96. The van der Waals surface area contributed by atoms with Crippen molar-refractivity contribution in [2.45, 2.75) is 13.5 Å². The van der Waals surface area contributed by atoms with E-state index in [-0.39, 0.29) is 0 Å². The summed E-state index contributed by atoms with van der Waals surface area (Å²) in [7, 11) is 0. The van der Waals surface area contributed by atoms with Crippen LogP contribution < -0.4 is 0 Å². The number of benzene rings is 1. The molecular weight excluding hydrogens is 285 g/mol. The summed E-state index contributed by atoms with van der Waals surface area (Å²) in [4.78, 5) is 0. The second kappa shape index (κ2) is 4.17. The fourth-order valence-corrected chi connectivity index (χ4v) is 1.82. The van der Waals surface area contributed by atoms with Gasteiger partial charge in [-0.15, -0.1) is 0 Å². The molecule has 14 heavy (non-hydrogen) atoms. The molecule has 1 aromatic carbocycles. The Morgan fingerprint density at radius 2 is 1.86 bits per heavy atom. The predicted molar refractivity (Wildman–Crippen MR) is 67.4 cm³/mol. The molecule has 1 aromatic heterocycles. The Balaban J connectivity index is 2.19. The second-order valence-electron chi connectivity index (χ2n) is 3.40. The zero-order chi connectivity index (χ0) is 9.97. The van der Waals surface area contributed by atoms with Crippen LogP contribution in [0.5, 0.6) is 0 Å². The number of hydrogen-bond donors (Lipinski definition) is 0. The quantitative estimate of drug-likeness (QED) is 0.748. The molecule has 0 saturated carbocycles. The Morgan fingerprint density at radius 1 is 1.14 bits per heavy atom. The first-order chi connectivity index (χ1) is 6.75. The normalized spacial score (nSPS) is 10.4. The number of aryl methyl sites for hydroxylation is 1. The monoisotopic (exact) mass is 297 g/mol. The highest BCUT2D eigenvalue weighted by molar-refractivity contribution is 14.1. The largest absolute Gasteiger partial charge is 0.347 e. The third-order valence-corrected chi connectivity index (χ3v) is 3.04. The van der Waals surface area contributed by atoms with E-state index >= 15 is 0 Å². The van der Waals surface area contributed by atoms with Crippen molar-refractivity contribution in [3.8, 4) is 0 Å². The lowest BCUT2D eigenvalue weighted by molar-refractivity contribution is 0.776. The molecule has 0 amide bonds. The fourth-order valence-electron chi connectivity index (χ4n) is 1.46. The van der Waals surface area contributed by atoms with Gasteiger partial charge < -0.3 is 4.57 Å². The van der Waals surface area contributed by atoms with E-state index < -0.39 is 0 Å². The van der Waals surface area contributed by atoms with E-state index in [0.29, 0.717) is 0 Å². The molecule has 0 aliphatic carbocycles. The predicted octanol–water partition coefficient (Wildman–Crippen LogP) is 3.45. The minimum absolute atomic E-state index is 0.968. The van der Waals surface area contributed by atoms with Gasteiger partial charge in [-0.1, -0.05) is 12.1 Å².